The summed E-state index contributed by atoms with van der Waals surface area (Å²) in [7, 11) is 4.06. The lowest BCUT2D eigenvalue weighted by atomic mass is 9.88. The third-order valence-corrected chi connectivity index (χ3v) is 3.97. The summed E-state index contributed by atoms with van der Waals surface area (Å²) in [5.41, 5.74) is 3.77. The van der Waals surface area contributed by atoms with Crippen LogP contribution in [0, 0.1) is 5.41 Å². The Hall–Kier alpha value is -1.66. The summed E-state index contributed by atoms with van der Waals surface area (Å²) in [6.07, 6.45) is 2.98. The number of nitrogens with zero attached hydrogens (tertiary/aromatic N) is 4. The molecule has 6 heteroatoms. The first-order valence-electron chi connectivity index (χ1n) is 7.74. The molecule has 3 rings (SSSR count). The van der Waals surface area contributed by atoms with E-state index < -0.39 is 0 Å². The molecule has 0 atom stereocenters. The zero-order valence-corrected chi connectivity index (χ0v) is 13.9. The van der Waals surface area contributed by atoms with E-state index in [-0.39, 0.29) is 5.41 Å². The third kappa shape index (κ3) is 3.56. The van der Waals surface area contributed by atoms with E-state index in [1.165, 1.54) is 11.3 Å². The molecule has 1 N–H and O–H groups in total. The normalized spacial score (nSPS) is 18.4. The number of nitrogens with one attached hydrogen (secondary N) is 1. The van der Waals surface area contributed by atoms with Gasteiger partial charge in [0.25, 0.3) is 0 Å². The predicted molar refractivity (Wildman–Crippen MR) is 84.1 cm³/mol. The highest BCUT2D eigenvalue weighted by Gasteiger charge is 2.29. The van der Waals surface area contributed by atoms with Gasteiger partial charge in [0.2, 0.25) is 0 Å². The van der Waals surface area contributed by atoms with Crippen molar-refractivity contribution in [3.63, 3.8) is 0 Å². The molecule has 0 saturated heterocycles. The van der Waals surface area contributed by atoms with E-state index in [1.54, 1.807) is 0 Å². The van der Waals surface area contributed by atoms with Crippen LogP contribution >= 0.6 is 0 Å². The molecule has 2 aromatic rings. The van der Waals surface area contributed by atoms with Gasteiger partial charge in [0.05, 0.1) is 18.4 Å². The molecule has 0 spiro atoms. The molecule has 0 bridgehead atoms. The fraction of sp³-hybridized carbons (Fsp3) is 0.625. The maximum Gasteiger partial charge on any atom is 0.150 e. The van der Waals surface area contributed by atoms with Gasteiger partial charge in [-0.25, -0.2) is 0 Å². The average Bonchev–Trinajstić information content (AvgIpc) is 2.96. The standard InChI is InChI=1S/C16H25N5O/c1-16(2)6-15-12(7-17-18-15)8-21(11-16)9-13-5-14(22-19-13)10-20(3)4/h5,7H,6,8-11H2,1-4H3,(H,17,18). The zero-order chi connectivity index (χ0) is 15.7. The number of hydrogen-bond donors (Lipinski definition) is 1. The van der Waals surface area contributed by atoms with Gasteiger partial charge in [0, 0.05) is 37.0 Å². The van der Waals surface area contributed by atoms with Crippen molar-refractivity contribution in [3.8, 4) is 0 Å². The van der Waals surface area contributed by atoms with Crippen LogP contribution in [0.25, 0.3) is 0 Å². The van der Waals surface area contributed by atoms with E-state index in [4.69, 9.17) is 4.52 Å². The van der Waals surface area contributed by atoms with Gasteiger partial charge < -0.3 is 9.42 Å². The minimum absolute atomic E-state index is 0.216. The Morgan fingerprint density at radius 2 is 2.23 bits per heavy atom. The number of aromatic nitrogens is 3. The van der Waals surface area contributed by atoms with Crippen molar-refractivity contribution >= 4 is 0 Å². The predicted octanol–water partition coefficient (Wildman–Crippen LogP) is 2.04. The van der Waals surface area contributed by atoms with Crippen molar-refractivity contribution in [1.29, 1.82) is 0 Å². The van der Waals surface area contributed by atoms with E-state index in [0.717, 1.165) is 44.1 Å². The summed E-state index contributed by atoms with van der Waals surface area (Å²) in [6, 6.07) is 2.06. The summed E-state index contributed by atoms with van der Waals surface area (Å²) in [4.78, 5) is 4.51. The lowest BCUT2D eigenvalue weighted by Crippen LogP contribution is -2.32. The van der Waals surface area contributed by atoms with Gasteiger partial charge in [-0.15, -0.1) is 0 Å². The van der Waals surface area contributed by atoms with Crippen molar-refractivity contribution in [3.05, 3.63) is 35.0 Å². The van der Waals surface area contributed by atoms with Crippen LogP contribution in [0.15, 0.2) is 16.8 Å². The summed E-state index contributed by atoms with van der Waals surface area (Å²) in [5, 5.41) is 11.6. The van der Waals surface area contributed by atoms with Crippen molar-refractivity contribution in [2.45, 2.75) is 39.9 Å². The Morgan fingerprint density at radius 3 is 3.00 bits per heavy atom. The van der Waals surface area contributed by atoms with Crippen LogP contribution in [0.2, 0.25) is 0 Å². The van der Waals surface area contributed by atoms with Gasteiger partial charge in [-0.1, -0.05) is 19.0 Å². The van der Waals surface area contributed by atoms with Gasteiger partial charge in [-0.3, -0.25) is 10.00 Å². The lowest BCUT2D eigenvalue weighted by molar-refractivity contribution is 0.169. The second-order valence-corrected chi connectivity index (χ2v) is 7.38. The number of rotatable bonds is 4. The van der Waals surface area contributed by atoms with E-state index in [1.807, 2.05) is 20.3 Å². The molecule has 0 saturated carbocycles. The van der Waals surface area contributed by atoms with Crippen LogP contribution in [0.4, 0.5) is 0 Å². The Kier molecular flexibility index (Phi) is 4.06. The molecule has 0 amide bonds. The first-order chi connectivity index (χ1) is 10.4. The molecule has 0 fully saturated rings. The van der Waals surface area contributed by atoms with Crippen molar-refractivity contribution < 1.29 is 4.52 Å². The lowest BCUT2D eigenvalue weighted by Gasteiger charge is -2.28. The molecule has 3 heterocycles. The molecule has 6 nitrogen and oxygen atoms in total. The van der Waals surface area contributed by atoms with Gasteiger partial charge in [-0.05, 0) is 25.9 Å². The van der Waals surface area contributed by atoms with Crippen LogP contribution < -0.4 is 0 Å². The maximum atomic E-state index is 5.42. The summed E-state index contributed by atoms with van der Waals surface area (Å²) >= 11 is 0. The monoisotopic (exact) mass is 303 g/mol. The topological polar surface area (TPSA) is 61.2 Å². The van der Waals surface area contributed by atoms with E-state index in [2.05, 4.69) is 45.1 Å². The zero-order valence-electron chi connectivity index (χ0n) is 13.9. The fourth-order valence-electron chi connectivity index (χ4n) is 3.22. The Balaban J connectivity index is 1.73. The average molecular weight is 303 g/mol. The Labute approximate surface area is 131 Å². The van der Waals surface area contributed by atoms with Crippen molar-refractivity contribution in [2.24, 2.45) is 5.41 Å². The summed E-state index contributed by atoms with van der Waals surface area (Å²) in [6.45, 7) is 8.14. The third-order valence-electron chi connectivity index (χ3n) is 3.97. The summed E-state index contributed by atoms with van der Waals surface area (Å²) < 4.78 is 5.42. The molecular weight excluding hydrogens is 278 g/mol. The minimum atomic E-state index is 0.216. The molecule has 1 aliphatic heterocycles. The molecule has 1 aliphatic rings. The highest BCUT2D eigenvalue weighted by molar-refractivity contribution is 5.20. The molecule has 0 unspecified atom stereocenters. The maximum absolute atomic E-state index is 5.42. The minimum Gasteiger partial charge on any atom is -0.360 e. The largest absolute Gasteiger partial charge is 0.360 e. The van der Waals surface area contributed by atoms with E-state index >= 15 is 0 Å². The fourth-order valence-corrected chi connectivity index (χ4v) is 3.22. The second kappa shape index (κ2) is 5.85. The second-order valence-electron chi connectivity index (χ2n) is 7.38. The number of aromatic amines is 1. The molecular formula is C16H25N5O. The first-order valence-corrected chi connectivity index (χ1v) is 7.74. The van der Waals surface area contributed by atoms with Crippen LogP contribution in [0.1, 0.15) is 36.6 Å². The first kappa shape index (κ1) is 15.2. The van der Waals surface area contributed by atoms with Crippen molar-refractivity contribution in [2.75, 3.05) is 20.6 Å². The van der Waals surface area contributed by atoms with Crippen LogP contribution in [0.5, 0.6) is 0 Å². The molecule has 0 aliphatic carbocycles. The SMILES string of the molecule is CN(C)Cc1cc(CN2Cc3cn[nH]c3CC(C)(C)C2)no1. The summed E-state index contributed by atoms with van der Waals surface area (Å²) in [5.74, 6) is 0.915. The Morgan fingerprint density at radius 1 is 1.41 bits per heavy atom. The quantitative estimate of drug-likeness (QED) is 0.936. The van der Waals surface area contributed by atoms with Crippen LogP contribution in [-0.4, -0.2) is 45.8 Å². The van der Waals surface area contributed by atoms with E-state index in [0.29, 0.717) is 0 Å². The van der Waals surface area contributed by atoms with Crippen LogP contribution in [-0.2, 0) is 26.1 Å². The molecule has 120 valence electrons. The highest BCUT2D eigenvalue weighted by Crippen LogP contribution is 2.29. The van der Waals surface area contributed by atoms with Gasteiger partial charge in [0.1, 0.15) is 0 Å². The molecule has 22 heavy (non-hydrogen) atoms. The van der Waals surface area contributed by atoms with Crippen molar-refractivity contribution in [1.82, 2.24) is 25.2 Å². The highest BCUT2D eigenvalue weighted by atomic mass is 16.5. The molecule has 2 aromatic heterocycles. The molecule has 0 radical (unpaired) electrons. The smallest absolute Gasteiger partial charge is 0.150 e. The van der Waals surface area contributed by atoms with Crippen LogP contribution in [0.3, 0.4) is 0 Å². The van der Waals surface area contributed by atoms with Gasteiger partial charge in [0.15, 0.2) is 5.76 Å². The number of H-pyrrole nitrogens is 1. The Bertz CT molecular complexity index is 628. The molecule has 0 aromatic carbocycles. The van der Waals surface area contributed by atoms with Gasteiger partial charge >= 0.3 is 0 Å². The number of fused-ring (bicyclic) bond motifs is 1. The van der Waals surface area contributed by atoms with E-state index in [9.17, 15) is 0 Å². The van der Waals surface area contributed by atoms with Gasteiger partial charge in [-0.2, -0.15) is 5.10 Å². The number of hydrogen-bond acceptors (Lipinski definition) is 5.